The lowest BCUT2D eigenvalue weighted by atomic mass is 9.76. The maximum Gasteiger partial charge on any atom is 0.494 e. The van der Waals surface area contributed by atoms with Crippen LogP contribution in [0.2, 0.25) is 0 Å². The molecule has 2 atom stereocenters. The highest BCUT2D eigenvalue weighted by Crippen LogP contribution is 2.39. The van der Waals surface area contributed by atoms with Gasteiger partial charge in [-0.05, 0) is 70.3 Å². The molecule has 1 aromatic carbocycles. The van der Waals surface area contributed by atoms with E-state index in [0.717, 1.165) is 53.9 Å². The van der Waals surface area contributed by atoms with Crippen LogP contribution in [-0.2, 0) is 31.7 Å². The van der Waals surface area contributed by atoms with Gasteiger partial charge in [-0.25, -0.2) is 9.78 Å². The predicted molar refractivity (Wildman–Crippen MR) is 145 cm³/mol. The van der Waals surface area contributed by atoms with Gasteiger partial charge in [0, 0.05) is 17.8 Å². The summed E-state index contributed by atoms with van der Waals surface area (Å²) in [6.45, 7) is 12.7. The number of imidazole rings is 1. The van der Waals surface area contributed by atoms with Gasteiger partial charge in [0.25, 0.3) is 0 Å². The summed E-state index contributed by atoms with van der Waals surface area (Å²) in [5.74, 6) is 0.636. The number of amides is 2. The molecule has 9 nitrogen and oxygen atoms in total. The lowest BCUT2D eigenvalue weighted by Crippen LogP contribution is -2.51. The SMILES string of the molecule is COC(=O)NC(C(=O)N1CCCC1c1nc2c([nH]1)CCc1cc(B3OC(C)(C)C(C)(C)O3)ccc1-2)C(C)C. The molecule has 3 aliphatic rings. The van der Waals surface area contributed by atoms with Crippen LogP contribution in [-0.4, -0.2) is 64.9 Å². The molecule has 0 bridgehead atoms. The molecule has 10 heteroatoms. The van der Waals surface area contributed by atoms with E-state index in [1.807, 2.05) is 18.7 Å². The molecule has 0 spiro atoms. The maximum atomic E-state index is 13.5. The molecule has 38 heavy (non-hydrogen) atoms. The number of carbonyl (C=O) groups is 2. The van der Waals surface area contributed by atoms with E-state index < -0.39 is 19.3 Å². The number of likely N-dealkylation sites (tertiary alicyclic amines) is 1. The van der Waals surface area contributed by atoms with E-state index in [2.05, 4.69) is 56.2 Å². The molecule has 2 unspecified atom stereocenters. The number of nitrogens with zero attached hydrogens (tertiary/aromatic N) is 2. The van der Waals surface area contributed by atoms with Crippen molar-refractivity contribution in [1.82, 2.24) is 20.2 Å². The van der Waals surface area contributed by atoms with Crippen molar-refractivity contribution in [2.24, 2.45) is 5.92 Å². The van der Waals surface area contributed by atoms with Gasteiger partial charge in [-0.1, -0.05) is 32.0 Å². The zero-order valence-corrected chi connectivity index (χ0v) is 23.5. The highest BCUT2D eigenvalue weighted by molar-refractivity contribution is 6.62. The summed E-state index contributed by atoms with van der Waals surface area (Å²) < 4.78 is 17.3. The Morgan fingerprint density at radius 3 is 2.55 bits per heavy atom. The summed E-state index contributed by atoms with van der Waals surface area (Å²) in [6.07, 6.45) is 2.86. The molecule has 2 aliphatic heterocycles. The largest absolute Gasteiger partial charge is 0.494 e. The van der Waals surface area contributed by atoms with Gasteiger partial charge >= 0.3 is 13.2 Å². The first-order valence-corrected chi connectivity index (χ1v) is 13.6. The molecule has 5 rings (SSSR count). The molecular weight excluding hydrogens is 483 g/mol. The number of rotatable bonds is 5. The lowest BCUT2D eigenvalue weighted by Gasteiger charge is -2.32. The number of fused-ring (bicyclic) bond motifs is 3. The first-order valence-electron chi connectivity index (χ1n) is 13.6. The fraction of sp³-hybridized carbons (Fsp3) is 0.607. The van der Waals surface area contributed by atoms with Crippen LogP contribution in [0.15, 0.2) is 18.2 Å². The molecule has 2 saturated heterocycles. The van der Waals surface area contributed by atoms with Crippen LogP contribution in [0.25, 0.3) is 11.3 Å². The van der Waals surface area contributed by atoms with Crippen LogP contribution >= 0.6 is 0 Å². The Bertz CT molecular complexity index is 1220. The molecule has 204 valence electrons. The van der Waals surface area contributed by atoms with E-state index in [-0.39, 0.29) is 29.1 Å². The van der Waals surface area contributed by atoms with Crippen LogP contribution in [0.1, 0.15) is 77.5 Å². The van der Waals surface area contributed by atoms with Gasteiger partial charge < -0.3 is 29.2 Å². The van der Waals surface area contributed by atoms with Gasteiger partial charge in [0.05, 0.1) is 30.0 Å². The number of ether oxygens (including phenoxy) is 1. The minimum atomic E-state index is -0.651. The van der Waals surface area contributed by atoms with E-state index in [1.54, 1.807) is 0 Å². The number of H-pyrrole nitrogens is 1. The number of benzene rings is 1. The van der Waals surface area contributed by atoms with E-state index in [0.29, 0.717) is 6.54 Å². The minimum Gasteiger partial charge on any atom is -0.453 e. The maximum absolute atomic E-state index is 13.5. The fourth-order valence-corrected chi connectivity index (χ4v) is 5.62. The Balaban J connectivity index is 1.38. The summed E-state index contributed by atoms with van der Waals surface area (Å²) in [7, 11) is 0.909. The molecule has 0 radical (unpaired) electrons. The second-order valence-corrected chi connectivity index (χ2v) is 12.0. The first kappa shape index (κ1) is 26.7. The normalized spacial score (nSPS) is 22.3. The van der Waals surface area contributed by atoms with Crippen LogP contribution in [0.4, 0.5) is 4.79 Å². The Labute approximate surface area is 225 Å². The number of aromatic nitrogens is 2. The number of aryl methyl sites for hydroxylation is 2. The van der Waals surface area contributed by atoms with Crippen molar-refractivity contribution in [3.63, 3.8) is 0 Å². The Morgan fingerprint density at radius 1 is 1.18 bits per heavy atom. The molecule has 2 fully saturated rings. The molecule has 2 amide bonds. The van der Waals surface area contributed by atoms with Gasteiger partial charge in [-0.15, -0.1) is 0 Å². The number of alkyl carbamates (subject to hydrolysis) is 1. The third-order valence-electron chi connectivity index (χ3n) is 8.59. The average molecular weight is 522 g/mol. The van der Waals surface area contributed by atoms with Crippen LogP contribution in [0, 0.1) is 5.92 Å². The number of hydrogen-bond donors (Lipinski definition) is 2. The summed E-state index contributed by atoms with van der Waals surface area (Å²) in [5.41, 5.74) is 4.64. The fourth-order valence-electron chi connectivity index (χ4n) is 5.62. The van der Waals surface area contributed by atoms with Crippen molar-refractivity contribution in [2.45, 2.75) is 90.5 Å². The highest BCUT2D eigenvalue weighted by Gasteiger charge is 2.51. The van der Waals surface area contributed by atoms with Gasteiger partial charge in [0.2, 0.25) is 5.91 Å². The number of methoxy groups -OCH3 is 1. The monoisotopic (exact) mass is 522 g/mol. The van der Waals surface area contributed by atoms with Gasteiger partial charge in [0.15, 0.2) is 0 Å². The topological polar surface area (TPSA) is 106 Å². The van der Waals surface area contributed by atoms with Crippen LogP contribution in [0.5, 0.6) is 0 Å². The van der Waals surface area contributed by atoms with Gasteiger partial charge in [-0.2, -0.15) is 0 Å². The number of carbonyl (C=O) groups excluding carboxylic acids is 2. The number of hydrogen-bond acceptors (Lipinski definition) is 6. The average Bonchev–Trinajstić information content (AvgIpc) is 3.57. The third-order valence-corrected chi connectivity index (χ3v) is 8.59. The summed E-state index contributed by atoms with van der Waals surface area (Å²) in [4.78, 5) is 35.8. The molecule has 2 N–H and O–H groups in total. The standard InChI is InChI=1S/C28H39BN4O5/c1-16(2)22(32-26(35)36-7)25(34)33-14-8-9-21(33)24-30-20-13-10-17-15-18(11-12-19(17)23(20)31-24)29-37-27(3,4)28(5,6)38-29/h11-12,15-16,21-22H,8-10,13-14H2,1-7H3,(H,30,31)(H,32,35). The van der Waals surface area contributed by atoms with Crippen LogP contribution < -0.4 is 10.8 Å². The smallest absolute Gasteiger partial charge is 0.453 e. The lowest BCUT2D eigenvalue weighted by molar-refractivity contribution is -0.135. The van der Waals surface area contributed by atoms with Crippen molar-refractivity contribution in [1.29, 1.82) is 0 Å². The summed E-state index contributed by atoms with van der Waals surface area (Å²) in [5, 5.41) is 2.71. The molecule has 0 saturated carbocycles. The summed E-state index contributed by atoms with van der Waals surface area (Å²) in [6, 6.07) is 5.57. The van der Waals surface area contributed by atoms with Crippen molar-refractivity contribution < 1.29 is 23.6 Å². The van der Waals surface area contributed by atoms with E-state index in [4.69, 9.17) is 19.0 Å². The number of nitrogens with one attached hydrogen (secondary N) is 2. The number of aromatic amines is 1. The van der Waals surface area contributed by atoms with Crippen molar-refractivity contribution >= 4 is 24.6 Å². The van der Waals surface area contributed by atoms with Crippen molar-refractivity contribution in [3.8, 4) is 11.3 Å². The second-order valence-electron chi connectivity index (χ2n) is 12.0. The second kappa shape index (κ2) is 9.72. The highest BCUT2D eigenvalue weighted by atomic mass is 16.7. The molecule has 2 aromatic rings. The molecular formula is C28H39BN4O5. The molecule has 3 heterocycles. The van der Waals surface area contributed by atoms with Gasteiger partial charge in [0.1, 0.15) is 11.9 Å². The van der Waals surface area contributed by atoms with Crippen molar-refractivity contribution in [2.75, 3.05) is 13.7 Å². The predicted octanol–water partition coefficient (Wildman–Crippen LogP) is 3.52. The minimum absolute atomic E-state index is 0.0716. The van der Waals surface area contributed by atoms with E-state index in [1.165, 1.54) is 12.7 Å². The zero-order valence-electron chi connectivity index (χ0n) is 23.5. The van der Waals surface area contributed by atoms with E-state index >= 15 is 0 Å². The molecule has 1 aliphatic carbocycles. The Kier molecular flexibility index (Phi) is 6.84. The Hall–Kier alpha value is -2.85. The summed E-state index contributed by atoms with van der Waals surface area (Å²) >= 11 is 0. The van der Waals surface area contributed by atoms with Gasteiger partial charge in [-0.3, -0.25) is 4.79 Å². The van der Waals surface area contributed by atoms with E-state index in [9.17, 15) is 9.59 Å². The Morgan fingerprint density at radius 2 is 1.89 bits per heavy atom. The van der Waals surface area contributed by atoms with Crippen molar-refractivity contribution in [3.05, 3.63) is 35.3 Å². The van der Waals surface area contributed by atoms with Crippen LogP contribution in [0.3, 0.4) is 0 Å². The zero-order chi connectivity index (χ0) is 27.4. The molecule has 1 aromatic heterocycles. The third kappa shape index (κ3) is 4.62. The quantitative estimate of drug-likeness (QED) is 0.583. The first-order chi connectivity index (χ1) is 17.9.